The molecule has 1 amide bonds. The molecule has 0 radical (unpaired) electrons. The Hall–Kier alpha value is -4.01. The Bertz CT molecular complexity index is 1150. The van der Waals surface area contributed by atoms with E-state index in [1.54, 1.807) is 58.3 Å². The Balaban J connectivity index is 1.46. The summed E-state index contributed by atoms with van der Waals surface area (Å²) in [6.07, 6.45) is 6.53. The van der Waals surface area contributed by atoms with Crippen LogP contribution in [0.4, 0.5) is 5.69 Å². The lowest BCUT2D eigenvalue weighted by Crippen LogP contribution is -2.14. The highest BCUT2D eigenvalue weighted by atomic mass is 16.5. The molecule has 9 nitrogen and oxygen atoms in total. The van der Waals surface area contributed by atoms with E-state index < -0.39 is 0 Å². The minimum atomic E-state index is -0.192. The Labute approximate surface area is 167 Å². The fourth-order valence-corrected chi connectivity index (χ4v) is 2.94. The third kappa shape index (κ3) is 3.84. The van der Waals surface area contributed by atoms with Gasteiger partial charge in [0, 0.05) is 36.9 Å². The molecule has 4 rings (SSSR count). The minimum Gasteiger partial charge on any atom is -0.439 e. The van der Waals surface area contributed by atoms with Crippen molar-refractivity contribution in [2.45, 2.75) is 13.8 Å². The monoisotopic (exact) mass is 389 g/mol. The highest BCUT2D eigenvalue weighted by molar-refractivity contribution is 6.05. The number of nitrogens with one attached hydrogen (secondary N) is 1. The van der Waals surface area contributed by atoms with Crippen molar-refractivity contribution in [1.82, 2.24) is 29.3 Å². The van der Waals surface area contributed by atoms with Crippen LogP contribution in [0.1, 0.15) is 21.7 Å². The highest BCUT2D eigenvalue weighted by Gasteiger charge is 2.17. The molecule has 0 aliphatic rings. The summed E-state index contributed by atoms with van der Waals surface area (Å²) in [6.45, 7) is 3.68. The summed E-state index contributed by atoms with van der Waals surface area (Å²) >= 11 is 0. The zero-order valence-corrected chi connectivity index (χ0v) is 16.2. The van der Waals surface area contributed by atoms with E-state index in [-0.39, 0.29) is 5.91 Å². The normalized spacial score (nSPS) is 10.7. The Morgan fingerprint density at radius 3 is 2.59 bits per heavy atom. The number of nitrogens with zero attached hydrogens (tertiary/aromatic N) is 6. The molecule has 1 N–H and O–H groups in total. The molecule has 0 spiro atoms. The Morgan fingerprint density at radius 1 is 1.14 bits per heavy atom. The first-order chi connectivity index (χ1) is 14.0. The summed E-state index contributed by atoms with van der Waals surface area (Å²) in [5, 5.41) is 7.17. The lowest BCUT2D eigenvalue weighted by atomic mass is 10.2. The van der Waals surface area contributed by atoms with Gasteiger partial charge in [0.2, 0.25) is 5.88 Å². The number of imidazole rings is 1. The van der Waals surface area contributed by atoms with Crippen molar-refractivity contribution in [3.05, 3.63) is 72.3 Å². The van der Waals surface area contributed by atoms with Gasteiger partial charge < -0.3 is 10.1 Å². The largest absolute Gasteiger partial charge is 0.439 e. The lowest BCUT2D eigenvalue weighted by Gasteiger charge is -2.09. The van der Waals surface area contributed by atoms with Gasteiger partial charge in [0.25, 0.3) is 5.91 Å². The second kappa shape index (κ2) is 7.55. The fourth-order valence-electron chi connectivity index (χ4n) is 2.94. The van der Waals surface area contributed by atoms with Crippen LogP contribution in [0.2, 0.25) is 0 Å². The van der Waals surface area contributed by atoms with E-state index in [2.05, 4.69) is 25.4 Å². The Kier molecular flexibility index (Phi) is 4.78. The maximum atomic E-state index is 12.6. The molecule has 0 bridgehead atoms. The van der Waals surface area contributed by atoms with Gasteiger partial charge >= 0.3 is 0 Å². The third-order valence-corrected chi connectivity index (χ3v) is 4.47. The minimum absolute atomic E-state index is 0.192. The number of carbonyl (C=O) groups excluding carboxylic acids is 1. The Morgan fingerprint density at radius 2 is 1.93 bits per heavy atom. The molecule has 0 fully saturated rings. The molecule has 9 heteroatoms. The van der Waals surface area contributed by atoms with Gasteiger partial charge in [0.15, 0.2) is 0 Å². The summed E-state index contributed by atoms with van der Waals surface area (Å²) in [4.78, 5) is 24.9. The standard InChI is InChI=1S/C20H19N7O2/c1-13-19(14(2)26(3)25-13)20(28)24-15-4-6-16(7-5-15)29-18-10-17(22-11-23-18)27-9-8-21-12-27/h4-12H,1-3H3,(H,24,28). The van der Waals surface area contributed by atoms with Crippen molar-refractivity contribution in [2.75, 3.05) is 5.32 Å². The van der Waals surface area contributed by atoms with Crippen molar-refractivity contribution in [1.29, 1.82) is 0 Å². The fraction of sp³-hybridized carbons (Fsp3) is 0.150. The number of hydrogen-bond donors (Lipinski definition) is 1. The first kappa shape index (κ1) is 18.4. The molecule has 146 valence electrons. The first-order valence-corrected chi connectivity index (χ1v) is 8.91. The van der Waals surface area contributed by atoms with Crippen LogP contribution >= 0.6 is 0 Å². The van der Waals surface area contributed by atoms with Crippen molar-refractivity contribution in [3.8, 4) is 17.4 Å². The highest BCUT2D eigenvalue weighted by Crippen LogP contribution is 2.23. The predicted octanol–water partition coefficient (Wildman–Crippen LogP) is 3.06. The number of aromatic nitrogens is 6. The van der Waals surface area contributed by atoms with Crippen molar-refractivity contribution < 1.29 is 9.53 Å². The van der Waals surface area contributed by atoms with Crippen molar-refractivity contribution in [3.63, 3.8) is 0 Å². The van der Waals surface area contributed by atoms with E-state index in [9.17, 15) is 4.79 Å². The van der Waals surface area contributed by atoms with Crippen LogP contribution in [0.25, 0.3) is 5.82 Å². The number of rotatable bonds is 5. The molecule has 29 heavy (non-hydrogen) atoms. The smallest absolute Gasteiger partial charge is 0.259 e. The van der Waals surface area contributed by atoms with Crippen LogP contribution in [-0.4, -0.2) is 35.2 Å². The van der Waals surface area contributed by atoms with Crippen LogP contribution in [-0.2, 0) is 7.05 Å². The van der Waals surface area contributed by atoms with E-state index in [1.807, 2.05) is 20.9 Å². The molecule has 3 aromatic heterocycles. The van der Waals surface area contributed by atoms with E-state index in [4.69, 9.17) is 4.74 Å². The number of aryl methyl sites for hydroxylation is 2. The molecule has 1 aromatic carbocycles. The van der Waals surface area contributed by atoms with Gasteiger partial charge in [-0.1, -0.05) is 0 Å². The van der Waals surface area contributed by atoms with E-state index in [0.717, 1.165) is 5.69 Å². The van der Waals surface area contributed by atoms with Crippen LogP contribution in [0.3, 0.4) is 0 Å². The second-order valence-electron chi connectivity index (χ2n) is 6.43. The zero-order valence-electron chi connectivity index (χ0n) is 16.2. The van der Waals surface area contributed by atoms with Gasteiger partial charge in [-0.2, -0.15) is 5.10 Å². The molecule has 0 aliphatic carbocycles. The summed E-state index contributed by atoms with van der Waals surface area (Å²) in [6, 6.07) is 8.78. The van der Waals surface area contributed by atoms with E-state index in [1.165, 1.54) is 6.33 Å². The summed E-state index contributed by atoms with van der Waals surface area (Å²) in [5.74, 6) is 1.45. The summed E-state index contributed by atoms with van der Waals surface area (Å²) in [7, 11) is 1.82. The van der Waals surface area contributed by atoms with Crippen molar-refractivity contribution >= 4 is 11.6 Å². The second-order valence-corrected chi connectivity index (χ2v) is 6.43. The molecule has 4 aromatic rings. The molecular formula is C20H19N7O2. The van der Waals surface area contributed by atoms with Crippen LogP contribution in [0, 0.1) is 13.8 Å². The van der Waals surface area contributed by atoms with Crippen LogP contribution < -0.4 is 10.1 Å². The predicted molar refractivity (Wildman–Crippen MR) is 106 cm³/mol. The SMILES string of the molecule is Cc1nn(C)c(C)c1C(=O)Nc1ccc(Oc2cc(-n3ccnc3)ncn2)cc1. The number of hydrogen-bond acceptors (Lipinski definition) is 6. The van der Waals surface area contributed by atoms with Gasteiger partial charge in [-0.25, -0.2) is 15.0 Å². The van der Waals surface area contributed by atoms with Crippen LogP contribution in [0.5, 0.6) is 11.6 Å². The number of ether oxygens (including phenoxy) is 1. The molecule has 0 saturated carbocycles. The quantitative estimate of drug-likeness (QED) is 0.563. The molecular weight excluding hydrogens is 370 g/mol. The molecule has 0 unspecified atom stereocenters. The molecule has 3 heterocycles. The third-order valence-electron chi connectivity index (χ3n) is 4.47. The molecule has 0 aliphatic heterocycles. The maximum absolute atomic E-state index is 12.6. The van der Waals surface area contributed by atoms with Gasteiger partial charge in [-0.15, -0.1) is 0 Å². The number of benzene rings is 1. The van der Waals surface area contributed by atoms with Crippen molar-refractivity contribution in [2.24, 2.45) is 7.05 Å². The van der Waals surface area contributed by atoms with Gasteiger partial charge in [0.1, 0.15) is 24.2 Å². The summed E-state index contributed by atoms with van der Waals surface area (Å²) in [5.41, 5.74) is 2.75. The molecule has 0 saturated heterocycles. The number of amides is 1. The average Bonchev–Trinajstić information content (AvgIpc) is 3.32. The average molecular weight is 389 g/mol. The number of carbonyl (C=O) groups is 1. The van der Waals surface area contributed by atoms with Gasteiger partial charge in [-0.3, -0.25) is 14.0 Å². The van der Waals surface area contributed by atoms with Gasteiger partial charge in [-0.05, 0) is 38.1 Å². The van der Waals surface area contributed by atoms with Gasteiger partial charge in [0.05, 0.1) is 11.3 Å². The zero-order chi connectivity index (χ0) is 20.4. The van der Waals surface area contributed by atoms with Crippen LogP contribution in [0.15, 0.2) is 55.4 Å². The van der Waals surface area contributed by atoms with E-state index in [0.29, 0.717) is 34.4 Å². The molecule has 0 atom stereocenters. The lowest BCUT2D eigenvalue weighted by molar-refractivity contribution is 0.102. The summed E-state index contributed by atoms with van der Waals surface area (Å²) < 4.78 is 9.25. The number of anilines is 1. The maximum Gasteiger partial charge on any atom is 0.259 e. The first-order valence-electron chi connectivity index (χ1n) is 8.91. The topological polar surface area (TPSA) is 99.8 Å². The van der Waals surface area contributed by atoms with E-state index >= 15 is 0 Å².